The summed E-state index contributed by atoms with van der Waals surface area (Å²) in [4.78, 5) is 0. The highest BCUT2D eigenvalue weighted by Crippen LogP contribution is 2.33. The van der Waals surface area contributed by atoms with Gasteiger partial charge in [-0.25, -0.2) is 4.39 Å². The summed E-state index contributed by atoms with van der Waals surface area (Å²) in [6, 6.07) is 8.12. The second-order valence-electron chi connectivity index (χ2n) is 5.81. The van der Waals surface area contributed by atoms with E-state index >= 15 is 0 Å². The van der Waals surface area contributed by atoms with Gasteiger partial charge >= 0.3 is 0 Å². The highest BCUT2D eigenvalue weighted by molar-refractivity contribution is 5.89. The molecule has 1 aromatic heterocycles. The molecule has 0 aliphatic carbocycles. The van der Waals surface area contributed by atoms with Gasteiger partial charge in [0.15, 0.2) is 11.6 Å². The molecular formula is C17H16FN3O2. The molecule has 6 heteroatoms. The predicted molar refractivity (Wildman–Crippen MR) is 85.0 cm³/mol. The number of rotatable bonds is 4. The Morgan fingerprint density at radius 2 is 2.09 bits per heavy atom. The van der Waals surface area contributed by atoms with E-state index in [-0.39, 0.29) is 5.75 Å². The molecule has 4 rings (SSSR count). The van der Waals surface area contributed by atoms with Crippen molar-refractivity contribution in [3.63, 3.8) is 0 Å². The van der Waals surface area contributed by atoms with Crippen LogP contribution in [0.3, 0.4) is 0 Å². The van der Waals surface area contributed by atoms with Crippen molar-refractivity contribution < 1.29 is 14.2 Å². The topological polar surface area (TPSA) is 70.2 Å². The molecule has 0 saturated carbocycles. The predicted octanol–water partition coefficient (Wildman–Crippen LogP) is 2.67. The maximum Gasteiger partial charge on any atom is 0.165 e. The molecule has 0 atom stereocenters. The fourth-order valence-corrected chi connectivity index (χ4v) is 2.67. The zero-order valence-electron chi connectivity index (χ0n) is 12.3. The van der Waals surface area contributed by atoms with E-state index in [4.69, 9.17) is 4.74 Å². The van der Waals surface area contributed by atoms with Crippen molar-refractivity contribution >= 4 is 10.9 Å². The standard InChI is InChI=1S/C17H16FN3O2/c18-14-3-11(1-2-16(14)22)12-4-15-13(8-20-21-15)17(5-12)23-9-10-6-19-7-10/h1-5,8,10,19,22H,6-7,9H2,(H,20,21). The summed E-state index contributed by atoms with van der Waals surface area (Å²) in [5.41, 5.74) is 2.31. The molecule has 2 heterocycles. The molecule has 2 aromatic carbocycles. The lowest BCUT2D eigenvalue weighted by Crippen LogP contribution is -2.45. The minimum absolute atomic E-state index is 0.356. The first-order valence-electron chi connectivity index (χ1n) is 7.50. The number of benzene rings is 2. The quantitative estimate of drug-likeness (QED) is 0.692. The van der Waals surface area contributed by atoms with Crippen molar-refractivity contribution in [3.05, 3.63) is 42.3 Å². The van der Waals surface area contributed by atoms with Gasteiger partial charge in [0.05, 0.1) is 23.7 Å². The molecule has 5 nitrogen and oxygen atoms in total. The number of fused-ring (bicyclic) bond motifs is 1. The number of hydrogen-bond donors (Lipinski definition) is 3. The maximum atomic E-state index is 13.6. The van der Waals surface area contributed by atoms with Crippen molar-refractivity contribution in [2.75, 3.05) is 19.7 Å². The van der Waals surface area contributed by atoms with Gasteiger partial charge < -0.3 is 15.2 Å². The van der Waals surface area contributed by atoms with Crippen molar-refractivity contribution in [1.82, 2.24) is 15.5 Å². The minimum atomic E-state index is -0.643. The molecule has 1 aliphatic heterocycles. The summed E-state index contributed by atoms with van der Waals surface area (Å²) in [5.74, 6) is 0.249. The van der Waals surface area contributed by atoms with Crippen molar-refractivity contribution in [2.24, 2.45) is 5.92 Å². The van der Waals surface area contributed by atoms with Gasteiger partial charge in [0.25, 0.3) is 0 Å². The third kappa shape index (κ3) is 2.61. The van der Waals surface area contributed by atoms with Gasteiger partial charge in [0.1, 0.15) is 5.75 Å². The summed E-state index contributed by atoms with van der Waals surface area (Å²) in [5, 5.41) is 20.4. The summed E-state index contributed by atoms with van der Waals surface area (Å²) < 4.78 is 19.6. The number of phenolic OH excluding ortho intramolecular Hbond substituents is 1. The Morgan fingerprint density at radius 3 is 2.83 bits per heavy atom. The highest BCUT2D eigenvalue weighted by Gasteiger charge is 2.18. The molecule has 0 radical (unpaired) electrons. The molecule has 0 amide bonds. The SMILES string of the molecule is Oc1ccc(-c2cc(OCC3CNC3)c3cn[nH]c3c2)cc1F. The summed E-state index contributed by atoms with van der Waals surface area (Å²) in [6.45, 7) is 2.58. The second kappa shape index (κ2) is 5.55. The normalized spacial score (nSPS) is 14.8. The van der Waals surface area contributed by atoms with Crippen LogP contribution in [0.1, 0.15) is 0 Å². The van der Waals surface area contributed by atoms with E-state index in [1.54, 1.807) is 12.3 Å². The lowest BCUT2D eigenvalue weighted by atomic mass is 10.0. The molecule has 0 spiro atoms. The summed E-state index contributed by atoms with van der Waals surface area (Å²) in [6.07, 6.45) is 1.73. The number of phenols is 1. The molecular weight excluding hydrogens is 297 g/mol. The zero-order valence-corrected chi connectivity index (χ0v) is 12.3. The van der Waals surface area contributed by atoms with E-state index in [0.29, 0.717) is 18.1 Å². The Kier molecular flexibility index (Phi) is 3.38. The fraction of sp³-hybridized carbons (Fsp3) is 0.235. The Morgan fingerprint density at radius 1 is 1.22 bits per heavy atom. The van der Waals surface area contributed by atoms with Crippen molar-refractivity contribution in [2.45, 2.75) is 0 Å². The summed E-state index contributed by atoms with van der Waals surface area (Å²) >= 11 is 0. The first-order chi connectivity index (χ1) is 11.2. The highest BCUT2D eigenvalue weighted by atomic mass is 19.1. The first-order valence-corrected chi connectivity index (χ1v) is 7.50. The lowest BCUT2D eigenvalue weighted by Gasteiger charge is -2.27. The second-order valence-corrected chi connectivity index (χ2v) is 5.81. The maximum absolute atomic E-state index is 13.6. The molecule has 3 aromatic rings. The van der Waals surface area contributed by atoms with Crippen LogP contribution in [0.15, 0.2) is 36.5 Å². The Labute approximate surface area is 132 Å². The third-order valence-corrected chi connectivity index (χ3v) is 4.14. The number of aromatic hydroxyl groups is 1. The largest absolute Gasteiger partial charge is 0.505 e. The first kappa shape index (κ1) is 14.0. The van der Waals surface area contributed by atoms with E-state index in [1.165, 1.54) is 12.1 Å². The van der Waals surface area contributed by atoms with E-state index in [0.717, 1.165) is 35.3 Å². The van der Waals surface area contributed by atoms with Crippen molar-refractivity contribution in [1.29, 1.82) is 0 Å². The van der Waals surface area contributed by atoms with Gasteiger partial charge in [-0.15, -0.1) is 0 Å². The minimum Gasteiger partial charge on any atom is -0.505 e. The third-order valence-electron chi connectivity index (χ3n) is 4.14. The van der Waals surface area contributed by atoms with Crippen LogP contribution in [-0.4, -0.2) is 35.0 Å². The molecule has 23 heavy (non-hydrogen) atoms. The van der Waals surface area contributed by atoms with Crippen LogP contribution >= 0.6 is 0 Å². The van der Waals surface area contributed by atoms with E-state index in [1.807, 2.05) is 12.1 Å². The average Bonchev–Trinajstić information content (AvgIpc) is 2.97. The number of nitrogens with one attached hydrogen (secondary N) is 2. The Hall–Kier alpha value is -2.60. The number of H-pyrrole nitrogens is 1. The van der Waals surface area contributed by atoms with Crippen LogP contribution in [0.2, 0.25) is 0 Å². The number of halogens is 1. The fourth-order valence-electron chi connectivity index (χ4n) is 2.67. The summed E-state index contributed by atoms with van der Waals surface area (Å²) in [7, 11) is 0. The van der Waals surface area contributed by atoms with Crippen LogP contribution in [0, 0.1) is 11.7 Å². The van der Waals surface area contributed by atoms with Gasteiger partial charge in [0, 0.05) is 19.0 Å². The zero-order chi connectivity index (χ0) is 15.8. The van der Waals surface area contributed by atoms with Crippen molar-refractivity contribution in [3.8, 4) is 22.6 Å². The number of aromatic amines is 1. The molecule has 118 valence electrons. The lowest BCUT2D eigenvalue weighted by molar-refractivity contribution is 0.201. The van der Waals surface area contributed by atoms with E-state index in [9.17, 15) is 9.50 Å². The molecule has 3 N–H and O–H groups in total. The van der Waals surface area contributed by atoms with Gasteiger partial charge in [-0.3, -0.25) is 5.10 Å². The van der Waals surface area contributed by atoms with E-state index < -0.39 is 5.82 Å². The van der Waals surface area contributed by atoms with Crippen LogP contribution in [0.5, 0.6) is 11.5 Å². The molecule has 1 fully saturated rings. The van der Waals surface area contributed by atoms with E-state index in [2.05, 4.69) is 15.5 Å². The van der Waals surface area contributed by atoms with Gasteiger partial charge in [0.2, 0.25) is 0 Å². The number of ether oxygens (including phenoxy) is 1. The van der Waals surface area contributed by atoms with Crippen LogP contribution < -0.4 is 10.1 Å². The average molecular weight is 313 g/mol. The van der Waals surface area contributed by atoms with Gasteiger partial charge in [-0.1, -0.05) is 6.07 Å². The molecule has 0 bridgehead atoms. The number of hydrogen-bond acceptors (Lipinski definition) is 4. The van der Waals surface area contributed by atoms with Crippen LogP contribution in [-0.2, 0) is 0 Å². The Balaban J connectivity index is 1.72. The Bertz CT molecular complexity index is 858. The monoisotopic (exact) mass is 313 g/mol. The number of nitrogens with zero attached hydrogens (tertiary/aromatic N) is 1. The molecule has 0 unspecified atom stereocenters. The smallest absolute Gasteiger partial charge is 0.165 e. The molecule has 1 saturated heterocycles. The number of aromatic nitrogens is 2. The van der Waals surface area contributed by atoms with Gasteiger partial charge in [-0.05, 0) is 35.4 Å². The van der Waals surface area contributed by atoms with Crippen LogP contribution in [0.25, 0.3) is 22.0 Å². The van der Waals surface area contributed by atoms with Crippen LogP contribution in [0.4, 0.5) is 4.39 Å². The molecule has 1 aliphatic rings. The van der Waals surface area contributed by atoms with Gasteiger partial charge in [-0.2, -0.15) is 5.10 Å².